The minimum absolute atomic E-state index is 0.134. The molecular formula is C49H61N18O37P5. The number of phosphoric ester groups is 5. The van der Waals surface area contributed by atoms with Crippen LogP contribution in [0.5, 0.6) is 0 Å². The number of fused-ring (bicyclic) bond motifs is 3. The van der Waals surface area contributed by atoms with Gasteiger partial charge in [0.1, 0.15) is 97.4 Å². The number of anilines is 2. The van der Waals surface area contributed by atoms with E-state index in [4.69, 9.17) is 71.3 Å². The molecule has 0 saturated carbocycles. The predicted octanol–water partition coefficient (Wildman–Crippen LogP) is -7.86. The van der Waals surface area contributed by atoms with Gasteiger partial charge in [-0.1, -0.05) is 0 Å². The molecule has 594 valence electrons. The lowest BCUT2D eigenvalue weighted by Crippen LogP contribution is -2.39. The zero-order chi connectivity index (χ0) is 78.5. The number of nitrogen functional groups attached to an aromatic ring is 2. The highest BCUT2D eigenvalue weighted by atomic mass is 31.2. The van der Waals surface area contributed by atoms with Gasteiger partial charge in [-0.3, -0.25) is 92.7 Å². The number of nitrogens with zero attached hydrogens (tertiary/aromatic N) is 13. The molecule has 55 nitrogen and oxygen atoms in total. The molecular weight excluding hydrogens is 1590 g/mol. The molecule has 0 aliphatic carbocycles. The zero-order valence-electron chi connectivity index (χ0n) is 54.6. The molecule has 8 aromatic heterocycles. The molecule has 109 heavy (non-hydrogen) atoms. The number of aromatic amines is 3. The first-order valence-electron chi connectivity index (χ1n) is 31.1. The van der Waals surface area contributed by atoms with Crippen LogP contribution in [0.25, 0.3) is 33.5 Å². The average molecular weight is 1650 g/mol. The molecule has 0 bridgehead atoms. The van der Waals surface area contributed by atoms with Crippen molar-refractivity contribution in [1.29, 1.82) is 0 Å². The first-order chi connectivity index (χ1) is 51.3. The number of aliphatic hydroxyl groups excluding tert-OH is 6. The number of H-pyrrole nitrogens is 3. The van der Waals surface area contributed by atoms with E-state index in [9.17, 15) is 112 Å². The molecule has 24 atom stereocenters. The van der Waals surface area contributed by atoms with Crippen LogP contribution < -0.4 is 45.1 Å². The van der Waals surface area contributed by atoms with Crippen molar-refractivity contribution in [2.75, 3.05) is 44.5 Å². The summed E-state index contributed by atoms with van der Waals surface area (Å²) in [5, 5.41) is 68.3. The topological polar surface area (TPSA) is 779 Å². The van der Waals surface area contributed by atoms with Crippen molar-refractivity contribution in [2.24, 2.45) is 7.05 Å². The highest BCUT2D eigenvalue weighted by Crippen LogP contribution is 2.56. The van der Waals surface area contributed by atoms with Gasteiger partial charge in [0, 0.05) is 25.5 Å². The number of ether oxygens (including phenoxy) is 5. The van der Waals surface area contributed by atoms with Crippen LogP contribution in [0.2, 0.25) is 0 Å². The molecule has 0 amide bonds. The van der Waals surface area contributed by atoms with Gasteiger partial charge in [0.15, 0.2) is 64.6 Å². The van der Waals surface area contributed by atoms with Crippen molar-refractivity contribution in [2.45, 2.75) is 123 Å². The first-order valence-corrected chi connectivity index (χ1v) is 38.6. The number of aryl methyl sites for hydroxylation is 1. The minimum Gasteiger partial charge on any atom is -0.394 e. The lowest BCUT2D eigenvalue weighted by atomic mass is 10.1. The number of hydrogen-bond acceptors (Lipinski definition) is 40. The second kappa shape index (κ2) is 30.4. The Morgan fingerprint density at radius 2 is 0.862 bits per heavy atom. The van der Waals surface area contributed by atoms with E-state index in [0.717, 1.165) is 74.4 Å². The van der Waals surface area contributed by atoms with Gasteiger partial charge >= 0.3 is 50.5 Å². The van der Waals surface area contributed by atoms with Gasteiger partial charge in [-0.05, 0) is 6.07 Å². The normalized spacial score (nSPS) is 31.7. The summed E-state index contributed by atoms with van der Waals surface area (Å²) in [7, 11) is -27.6. The Hall–Kier alpha value is -7.68. The smallest absolute Gasteiger partial charge is 0.394 e. The maximum Gasteiger partial charge on any atom is 0.472 e. The van der Waals surface area contributed by atoms with Crippen LogP contribution in [-0.4, -0.2) is 262 Å². The molecule has 4 unspecified atom stereocenters. The fraction of sp³-hybridized carbons (Fsp3) is 0.531. The van der Waals surface area contributed by atoms with E-state index < -0.39 is 240 Å². The number of aliphatic hydroxyl groups is 6. The number of aromatic nitrogens is 16. The summed E-state index contributed by atoms with van der Waals surface area (Å²) >= 11 is 0. The van der Waals surface area contributed by atoms with E-state index in [-0.39, 0.29) is 33.8 Å². The summed E-state index contributed by atoms with van der Waals surface area (Å²) in [6, 6.07) is 1.82. The Morgan fingerprint density at radius 1 is 0.468 bits per heavy atom. The molecule has 8 aromatic rings. The van der Waals surface area contributed by atoms with Gasteiger partial charge in [-0.2, -0.15) is 9.97 Å². The quantitative estimate of drug-likeness (QED) is 0.0203. The van der Waals surface area contributed by atoms with Gasteiger partial charge < -0.3 is 105 Å². The average Bonchev–Trinajstić information content (AvgIpc) is 1.61. The van der Waals surface area contributed by atoms with Gasteiger partial charge in [0.05, 0.1) is 64.7 Å². The Morgan fingerprint density at radius 3 is 1.31 bits per heavy atom. The second-order valence-electron chi connectivity index (χ2n) is 24.2. The summed E-state index contributed by atoms with van der Waals surface area (Å²) in [6.45, 7) is -6.45. The first kappa shape index (κ1) is 79.4. The molecule has 60 heteroatoms. The predicted molar refractivity (Wildman–Crippen MR) is 344 cm³/mol. The Bertz CT molecular complexity index is 5400. The molecule has 5 aliphatic rings. The number of nitrogens with two attached hydrogens (primary N) is 2. The Kier molecular flexibility index (Phi) is 22.2. The van der Waals surface area contributed by atoms with E-state index in [0.29, 0.717) is 9.13 Å². The fourth-order valence-electron chi connectivity index (χ4n) is 12.3. The van der Waals surface area contributed by atoms with Crippen molar-refractivity contribution in [3.63, 3.8) is 0 Å². The van der Waals surface area contributed by atoms with Gasteiger partial charge in [0.25, 0.3) is 22.2 Å². The number of nitrogens with one attached hydrogen (secondary N) is 3. The van der Waals surface area contributed by atoms with Gasteiger partial charge in [0.2, 0.25) is 5.95 Å². The largest absolute Gasteiger partial charge is 0.472 e. The van der Waals surface area contributed by atoms with Crippen molar-refractivity contribution < 1.29 is 147 Å². The zero-order valence-corrected chi connectivity index (χ0v) is 59.0. The molecule has 0 radical (unpaired) electrons. The van der Waals surface area contributed by atoms with Crippen LogP contribution in [0.1, 0.15) is 31.1 Å². The summed E-state index contributed by atoms with van der Waals surface area (Å²) < 4.78 is 149. The van der Waals surface area contributed by atoms with Crippen molar-refractivity contribution in [3.05, 3.63) is 119 Å². The molecule has 5 fully saturated rings. The number of imidazole rings is 3. The molecule has 0 aromatic carbocycles. The van der Waals surface area contributed by atoms with Crippen LogP contribution >= 0.6 is 39.1 Å². The number of rotatable bonds is 28. The fourth-order valence-corrected chi connectivity index (χ4v) is 16.7. The number of phosphoric acid groups is 5. The summed E-state index contributed by atoms with van der Waals surface area (Å²) in [6.07, 6.45) is -35.1. The molecule has 0 spiro atoms. The molecule has 13 rings (SSSR count). The highest BCUT2D eigenvalue weighted by Gasteiger charge is 2.57. The summed E-state index contributed by atoms with van der Waals surface area (Å²) in [5.41, 5.74) is 3.95. The lowest BCUT2D eigenvalue weighted by molar-refractivity contribution is -0.0654. The lowest BCUT2D eigenvalue weighted by Gasteiger charge is -2.27. The standard InChI is InChI=1S/C49H61N18O37P5/c1-62-12-57-37-25(41(62)77)56-15-66(37)45-29(73)34(103-107(85,86)91-7-17-32(100-105(80,81)82)27(71)42(96-17)64-5-3-22(69)59-49(64)79)19(98-45)9-94-108(87,88)102-33-18(97-43(28(33)72)63-4-2-21(50)58-48(63)78)8-93-109(89,90)104-35-20(99-46(30(35)74)67-14-55-24-38(67)60-47(51)61-40(24)76)10-92-106(83,84)101-31-16(6-68)95-44(26(31)70)65-13-54-23-36(65)52-11-53-39(23)75/h2-5,11-20,26-35,42-46,68,70-74H,6-10H2,1H3,(H,83,84)(H,85,86)(H,87,88)(H,89,90)(H2,50,58,78)(H,52,53,75)(H,59,69,79)(H2,80,81,82)(H3,51,60,61,76)/t16-,17-,18-,19-,20-,26-,27-,28-,29-,30-,31-,32-,33-,34-,35-,42-,43-,44-,45-,46-/m1/s1. The van der Waals surface area contributed by atoms with Crippen LogP contribution in [0.4, 0.5) is 11.8 Å². The molecule has 13 heterocycles. The number of hydrogen-bond donors (Lipinski definition) is 17. The summed E-state index contributed by atoms with van der Waals surface area (Å²) in [4.78, 5) is 175. The maximum absolute atomic E-state index is 14.3. The van der Waals surface area contributed by atoms with Gasteiger partial charge in [-0.25, -0.2) is 57.3 Å². The Balaban J connectivity index is 0.735. The van der Waals surface area contributed by atoms with Crippen LogP contribution in [0, 0.1) is 0 Å². The summed E-state index contributed by atoms with van der Waals surface area (Å²) in [5.74, 6) is -0.866. The van der Waals surface area contributed by atoms with E-state index >= 15 is 0 Å². The SMILES string of the molecule is Cn1cnc2c(ncn2[C@@H]2O[C@H](COP(=O)(O)O[C@H]3[C@@H](O)[C@H](n4ccc(N)nc4=O)O[C@@H]3COP(=O)(O)O[C@H]3[C@@H](O)[C@H](n4cnc5c(=O)[nH]c(N)nc54)O[C@@H]3COP(=O)(O)O[C@H]3[C@@H](O)[C@H](n4cnc5c(=O)[nH]cnc54)O[C@@H]3CO)[C@@H](OP(=O)(O)OC[C@H]3O[C@@H](n4ccc(=O)[nH]c4=O)[C@H](O)[C@@H]3OP(=O)(O)O)[C@H]2O)c1=O. The van der Waals surface area contributed by atoms with E-state index in [1.54, 1.807) is 0 Å². The van der Waals surface area contributed by atoms with E-state index in [1.165, 1.54) is 7.05 Å². The van der Waals surface area contributed by atoms with Crippen LogP contribution in [0.15, 0.2) is 84.9 Å². The maximum atomic E-state index is 14.3. The van der Waals surface area contributed by atoms with E-state index in [1.807, 2.05) is 4.98 Å². The van der Waals surface area contributed by atoms with Crippen LogP contribution in [0.3, 0.4) is 0 Å². The second-order valence-corrected chi connectivity index (χ2v) is 31.1. The third-order valence-corrected chi connectivity index (χ3v) is 21.6. The third-order valence-electron chi connectivity index (χ3n) is 17.1. The van der Waals surface area contributed by atoms with Crippen molar-refractivity contribution in [3.8, 4) is 0 Å². The molecule has 19 N–H and O–H groups in total. The minimum atomic E-state index is -5.96. The van der Waals surface area contributed by atoms with Crippen molar-refractivity contribution >= 4 is 84.4 Å². The monoisotopic (exact) mass is 1650 g/mol. The third kappa shape index (κ3) is 16.4. The van der Waals surface area contributed by atoms with Crippen molar-refractivity contribution in [1.82, 2.24) is 77.2 Å². The molecule has 5 saturated heterocycles. The van der Waals surface area contributed by atoms with E-state index in [2.05, 4.69) is 49.4 Å². The highest BCUT2D eigenvalue weighted by molar-refractivity contribution is 7.48. The van der Waals surface area contributed by atoms with Gasteiger partial charge in [-0.15, -0.1) is 0 Å². The molecule has 5 aliphatic heterocycles. The van der Waals surface area contributed by atoms with Crippen LogP contribution in [-0.2, 0) is 94.3 Å². The Labute approximate surface area is 599 Å².